The maximum absolute atomic E-state index is 13.5. The van der Waals surface area contributed by atoms with E-state index in [1.54, 1.807) is 19.5 Å². The molecule has 0 unspecified atom stereocenters. The first-order chi connectivity index (χ1) is 17.0. The number of nitrogens with zero attached hydrogens (tertiary/aromatic N) is 5. The predicted octanol–water partition coefficient (Wildman–Crippen LogP) is 3.34. The van der Waals surface area contributed by atoms with Crippen LogP contribution in [0.4, 0.5) is 14.5 Å². The van der Waals surface area contributed by atoms with Crippen LogP contribution in [-0.4, -0.2) is 64.9 Å². The quantitative estimate of drug-likeness (QED) is 0.372. The average molecular weight is 537 g/mol. The molecule has 8 nitrogen and oxygen atoms in total. The van der Waals surface area contributed by atoms with Crippen molar-refractivity contribution in [2.45, 2.75) is 31.5 Å². The number of nitrogens with one attached hydrogen (secondary N) is 1. The number of halogens is 3. The predicted molar refractivity (Wildman–Crippen MR) is 139 cm³/mol. The number of likely N-dealkylation sites (N-methyl/N-ethyl adjacent to an activating group) is 1. The lowest BCUT2D eigenvalue weighted by atomic mass is 10.1. The van der Waals surface area contributed by atoms with Crippen LogP contribution < -0.4 is 15.6 Å². The van der Waals surface area contributed by atoms with Gasteiger partial charge in [-0.05, 0) is 25.2 Å². The van der Waals surface area contributed by atoms with Crippen molar-refractivity contribution in [3.8, 4) is 5.13 Å². The number of thiazole rings is 1. The molecule has 1 aromatic carbocycles. The lowest BCUT2D eigenvalue weighted by Crippen LogP contribution is -2.37. The van der Waals surface area contributed by atoms with E-state index in [1.165, 1.54) is 28.3 Å². The third-order valence-corrected chi connectivity index (χ3v) is 7.25. The van der Waals surface area contributed by atoms with Crippen molar-refractivity contribution in [1.82, 2.24) is 24.4 Å². The van der Waals surface area contributed by atoms with E-state index in [0.29, 0.717) is 21.9 Å². The molecule has 36 heavy (non-hydrogen) atoms. The highest BCUT2D eigenvalue weighted by molar-refractivity contribution is 7.12. The molecule has 192 valence electrons. The molecule has 0 spiro atoms. The molecule has 0 radical (unpaired) electrons. The minimum absolute atomic E-state index is 0. The van der Waals surface area contributed by atoms with Crippen LogP contribution in [0.3, 0.4) is 0 Å². The molecule has 4 aromatic rings. The monoisotopic (exact) mass is 536 g/mol. The minimum Gasteiger partial charge on any atom is -0.378 e. The molecule has 5 rings (SSSR count). The van der Waals surface area contributed by atoms with Crippen molar-refractivity contribution in [3.63, 3.8) is 0 Å². The van der Waals surface area contributed by atoms with Gasteiger partial charge in [-0.15, -0.1) is 23.7 Å². The molecule has 0 saturated carbocycles. The Labute approximate surface area is 217 Å². The van der Waals surface area contributed by atoms with Gasteiger partial charge in [-0.3, -0.25) is 9.36 Å². The lowest BCUT2D eigenvalue weighted by Gasteiger charge is -2.20. The van der Waals surface area contributed by atoms with E-state index in [9.17, 15) is 13.6 Å². The third-order valence-electron chi connectivity index (χ3n) is 6.48. The summed E-state index contributed by atoms with van der Waals surface area (Å²) in [6, 6.07) is 5.99. The number of imidazole rings is 1. The van der Waals surface area contributed by atoms with E-state index in [0.717, 1.165) is 24.3 Å². The molecule has 1 aliphatic heterocycles. The molecule has 0 amide bonds. The molecule has 4 heterocycles. The maximum Gasteiger partial charge on any atom is 0.256 e. The van der Waals surface area contributed by atoms with Crippen LogP contribution >= 0.6 is 23.7 Å². The van der Waals surface area contributed by atoms with Crippen LogP contribution in [0.2, 0.25) is 0 Å². The zero-order valence-electron chi connectivity index (χ0n) is 19.8. The summed E-state index contributed by atoms with van der Waals surface area (Å²) in [5, 5.41) is 6.44. The highest BCUT2D eigenvalue weighted by Gasteiger charge is 2.32. The van der Waals surface area contributed by atoms with Gasteiger partial charge in [-0.2, -0.15) is 0 Å². The first-order valence-corrected chi connectivity index (χ1v) is 12.2. The molecule has 1 saturated heterocycles. The van der Waals surface area contributed by atoms with E-state index in [2.05, 4.69) is 20.2 Å². The van der Waals surface area contributed by atoms with Gasteiger partial charge < -0.3 is 19.5 Å². The van der Waals surface area contributed by atoms with Crippen molar-refractivity contribution in [1.29, 1.82) is 0 Å². The van der Waals surface area contributed by atoms with Crippen LogP contribution in [0.25, 0.3) is 16.0 Å². The summed E-state index contributed by atoms with van der Waals surface area (Å²) in [7, 11) is 3.64. The number of pyridine rings is 1. The fourth-order valence-electron chi connectivity index (χ4n) is 4.68. The summed E-state index contributed by atoms with van der Waals surface area (Å²) in [5.41, 5.74) is 2.06. The van der Waals surface area contributed by atoms with Crippen molar-refractivity contribution in [3.05, 3.63) is 70.0 Å². The topological polar surface area (TPSA) is 77.2 Å². The molecule has 1 fully saturated rings. The van der Waals surface area contributed by atoms with Crippen molar-refractivity contribution < 1.29 is 13.5 Å². The Morgan fingerprint density at radius 2 is 2.08 bits per heavy atom. The second kappa shape index (κ2) is 11.0. The summed E-state index contributed by atoms with van der Waals surface area (Å²) in [6.45, 7) is 1.06. The SMILES string of the molecule is CN[C@H]1CN(c2ccc3c(=O)c(Cc4nccn4CC(F)F)cn(-c4nccs4)c3c2)C[C@@H]1OC.Cl. The van der Waals surface area contributed by atoms with Crippen LogP contribution in [0.5, 0.6) is 0 Å². The Kier molecular flexibility index (Phi) is 8.04. The Bertz CT molecular complexity index is 1360. The molecule has 0 bridgehead atoms. The van der Waals surface area contributed by atoms with Crippen LogP contribution in [0.1, 0.15) is 11.4 Å². The number of fused-ring (bicyclic) bond motifs is 1. The molecular formula is C24H27ClF2N6O2S. The first kappa shape index (κ1) is 26.2. The van der Waals surface area contributed by atoms with E-state index < -0.39 is 13.0 Å². The van der Waals surface area contributed by atoms with Gasteiger partial charge in [0.2, 0.25) is 0 Å². The van der Waals surface area contributed by atoms with Gasteiger partial charge in [0, 0.05) is 73.4 Å². The lowest BCUT2D eigenvalue weighted by molar-refractivity contribution is 0.0996. The fourth-order valence-corrected chi connectivity index (χ4v) is 5.31. The normalized spacial score (nSPS) is 17.8. The van der Waals surface area contributed by atoms with E-state index in [4.69, 9.17) is 4.74 Å². The Morgan fingerprint density at radius 1 is 1.25 bits per heavy atom. The van der Waals surface area contributed by atoms with Gasteiger partial charge in [-0.25, -0.2) is 18.7 Å². The number of ether oxygens (including phenoxy) is 1. The molecule has 1 N–H and O–H groups in total. The summed E-state index contributed by atoms with van der Waals surface area (Å²) >= 11 is 1.46. The van der Waals surface area contributed by atoms with Crippen LogP contribution in [0, 0.1) is 0 Å². The van der Waals surface area contributed by atoms with Gasteiger partial charge in [0.05, 0.1) is 24.2 Å². The Hall–Kier alpha value is -2.86. The second-order valence-corrected chi connectivity index (χ2v) is 9.38. The zero-order chi connectivity index (χ0) is 24.5. The molecule has 12 heteroatoms. The number of hydrogen-bond donors (Lipinski definition) is 1. The summed E-state index contributed by atoms with van der Waals surface area (Å²) in [6.07, 6.45) is 4.17. The van der Waals surface area contributed by atoms with Gasteiger partial charge in [-0.1, -0.05) is 0 Å². The summed E-state index contributed by atoms with van der Waals surface area (Å²) in [5.74, 6) is 0.421. The van der Waals surface area contributed by atoms with Crippen LogP contribution in [-0.2, 0) is 17.7 Å². The summed E-state index contributed by atoms with van der Waals surface area (Å²) in [4.78, 5) is 24.4. The molecule has 3 aromatic heterocycles. The third kappa shape index (κ3) is 5.01. The average Bonchev–Trinajstić information content (AvgIpc) is 3.61. The standard InChI is InChI=1S/C24H26F2N6O2S.ClH/c1-27-18-12-31(13-20(18)34-2)16-3-4-17-19(10-16)32(24-29-6-8-35-24)11-15(23(17)33)9-22-28-5-7-30(22)14-21(25)26;/h3-8,10-11,18,20-21,27H,9,12-14H2,1-2H3;1H/t18-,20-;/m0./s1. The number of alkyl halides is 2. The minimum atomic E-state index is -2.50. The maximum atomic E-state index is 13.5. The number of hydrogen-bond acceptors (Lipinski definition) is 7. The van der Waals surface area contributed by atoms with Crippen molar-refractivity contribution in [2.75, 3.05) is 32.1 Å². The molecular weight excluding hydrogens is 510 g/mol. The number of anilines is 1. The van der Waals surface area contributed by atoms with E-state index in [1.807, 2.05) is 35.2 Å². The molecule has 0 aliphatic carbocycles. The number of benzene rings is 1. The first-order valence-electron chi connectivity index (χ1n) is 11.3. The number of rotatable bonds is 8. The fraction of sp³-hybridized carbons (Fsp3) is 0.375. The smallest absolute Gasteiger partial charge is 0.256 e. The number of aromatic nitrogens is 4. The van der Waals surface area contributed by atoms with Gasteiger partial charge in [0.15, 0.2) is 10.6 Å². The Balaban J connectivity index is 0.00000304. The van der Waals surface area contributed by atoms with Crippen molar-refractivity contribution >= 4 is 40.3 Å². The summed E-state index contributed by atoms with van der Waals surface area (Å²) < 4.78 is 34.9. The van der Waals surface area contributed by atoms with Crippen molar-refractivity contribution in [2.24, 2.45) is 0 Å². The molecule has 1 aliphatic rings. The molecule has 2 atom stereocenters. The highest BCUT2D eigenvalue weighted by Crippen LogP contribution is 2.28. The van der Waals surface area contributed by atoms with E-state index >= 15 is 0 Å². The zero-order valence-corrected chi connectivity index (χ0v) is 21.4. The van der Waals surface area contributed by atoms with Crippen LogP contribution in [0.15, 0.2) is 53.2 Å². The second-order valence-electron chi connectivity index (χ2n) is 8.51. The Morgan fingerprint density at radius 3 is 2.75 bits per heavy atom. The van der Waals surface area contributed by atoms with Gasteiger partial charge >= 0.3 is 0 Å². The largest absolute Gasteiger partial charge is 0.378 e. The highest BCUT2D eigenvalue weighted by atomic mass is 35.5. The van der Waals surface area contributed by atoms with E-state index in [-0.39, 0.29) is 36.4 Å². The van der Waals surface area contributed by atoms with Gasteiger partial charge in [0.25, 0.3) is 6.43 Å². The van der Waals surface area contributed by atoms with Gasteiger partial charge in [0.1, 0.15) is 5.82 Å². The number of methoxy groups -OCH3 is 1.